The molecule has 1 heterocycles. The van der Waals surface area contributed by atoms with Crippen LogP contribution < -0.4 is 14.8 Å². The molecule has 2 rings (SSSR count). The van der Waals surface area contributed by atoms with Crippen LogP contribution in [0.2, 0.25) is 0 Å². The van der Waals surface area contributed by atoms with Crippen molar-refractivity contribution >= 4 is 21.6 Å². The van der Waals surface area contributed by atoms with Crippen LogP contribution in [0.25, 0.3) is 0 Å². The molecule has 2 N–H and O–H groups in total. The van der Waals surface area contributed by atoms with Gasteiger partial charge in [0.1, 0.15) is 16.4 Å². The molecule has 0 fully saturated rings. The molecule has 0 saturated carbocycles. The van der Waals surface area contributed by atoms with Gasteiger partial charge in [-0.15, -0.1) is 0 Å². The molecule has 0 bridgehead atoms. The zero-order valence-electron chi connectivity index (χ0n) is 12.8. The summed E-state index contributed by atoms with van der Waals surface area (Å²) in [4.78, 5) is 11.1. The predicted octanol–water partition coefficient (Wildman–Crippen LogP) is 2.12. The Balaban J connectivity index is 2.30. The van der Waals surface area contributed by atoms with E-state index in [1.165, 1.54) is 25.3 Å². The van der Waals surface area contributed by atoms with Gasteiger partial charge in [0.05, 0.1) is 19.4 Å². The molecular formula is C15H18N2O5S. The van der Waals surface area contributed by atoms with Crippen LogP contribution in [-0.4, -0.2) is 20.9 Å². The summed E-state index contributed by atoms with van der Waals surface area (Å²) in [5.74, 6) is 0.416. The van der Waals surface area contributed by atoms with E-state index in [-0.39, 0.29) is 23.1 Å². The molecule has 23 heavy (non-hydrogen) atoms. The van der Waals surface area contributed by atoms with Gasteiger partial charge < -0.3 is 14.5 Å². The van der Waals surface area contributed by atoms with Crippen LogP contribution >= 0.6 is 0 Å². The number of carbonyl (C=O) groups excluding carboxylic acids is 1. The molecule has 0 radical (unpaired) electrons. The Bertz CT molecular complexity index is 769. The van der Waals surface area contributed by atoms with Crippen molar-refractivity contribution in [2.45, 2.75) is 25.3 Å². The zero-order chi connectivity index (χ0) is 16.9. The number of nitrogens with one attached hydrogen (secondary N) is 2. The van der Waals surface area contributed by atoms with Gasteiger partial charge in [-0.2, -0.15) is 0 Å². The third-order valence-electron chi connectivity index (χ3n) is 2.87. The van der Waals surface area contributed by atoms with Crippen LogP contribution in [0, 0.1) is 0 Å². The summed E-state index contributed by atoms with van der Waals surface area (Å²) < 4.78 is 37.9. The molecule has 2 aromatic rings. The van der Waals surface area contributed by atoms with E-state index < -0.39 is 10.0 Å². The Morgan fingerprint density at radius 1 is 1.30 bits per heavy atom. The lowest BCUT2D eigenvalue weighted by Crippen LogP contribution is -2.24. The fourth-order valence-corrected chi connectivity index (χ4v) is 3.09. The Morgan fingerprint density at radius 3 is 2.70 bits per heavy atom. The first-order valence-electron chi connectivity index (χ1n) is 6.99. The van der Waals surface area contributed by atoms with Gasteiger partial charge in [0.15, 0.2) is 0 Å². The Hall–Kier alpha value is -2.32. The first-order valence-corrected chi connectivity index (χ1v) is 8.47. The Labute approximate surface area is 134 Å². The van der Waals surface area contributed by atoms with Crippen molar-refractivity contribution in [2.75, 3.05) is 11.9 Å². The molecule has 1 aromatic heterocycles. The van der Waals surface area contributed by atoms with Crippen molar-refractivity contribution in [3.63, 3.8) is 0 Å². The van der Waals surface area contributed by atoms with Crippen LogP contribution in [0.5, 0.6) is 5.75 Å². The van der Waals surface area contributed by atoms with Crippen molar-refractivity contribution in [3.05, 3.63) is 42.4 Å². The standard InChI is InChI=1S/C15H18N2O5S/c1-3-21-14-7-6-12(17-11(2)18)9-15(14)23(19,20)16-10-13-5-4-8-22-13/h4-9,16H,3,10H2,1-2H3,(H,17,18). The van der Waals surface area contributed by atoms with Crippen molar-refractivity contribution in [1.29, 1.82) is 0 Å². The molecule has 0 spiro atoms. The highest BCUT2D eigenvalue weighted by Gasteiger charge is 2.21. The number of benzene rings is 1. The minimum absolute atomic E-state index is 0.0191. The number of anilines is 1. The number of hydrogen-bond donors (Lipinski definition) is 2. The molecular weight excluding hydrogens is 320 g/mol. The SMILES string of the molecule is CCOc1ccc(NC(C)=O)cc1S(=O)(=O)NCc1ccco1. The van der Waals surface area contributed by atoms with E-state index in [0.29, 0.717) is 18.1 Å². The molecule has 0 aliphatic rings. The van der Waals surface area contributed by atoms with Crippen molar-refractivity contribution in [3.8, 4) is 5.75 Å². The summed E-state index contributed by atoms with van der Waals surface area (Å²) in [5.41, 5.74) is 0.374. The van der Waals surface area contributed by atoms with Gasteiger partial charge in [0.2, 0.25) is 15.9 Å². The number of rotatable bonds is 7. The molecule has 0 unspecified atom stereocenters. The minimum atomic E-state index is -3.83. The number of hydrogen-bond acceptors (Lipinski definition) is 5. The van der Waals surface area contributed by atoms with Crippen LogP contribution in [0.15, 0.2) is 45.9 Å². The first kappa shape index (κ1) is 17.0. The van der Waals surface area contributed by atoms with Gasteiger partial charge in [-0.25, -0.2) is 13.1 Å². The topological polar surface area (TPSA) is 97.6 Å². The van der Waals surface area contributed by atoms with E-state index in [0.717, 1.165) is 0 Å². The van der Waals surface area contributed by atoms with Crippen LogP contribution in [0.3, 0.4) is 0 Å². The van der Waals surface area contributed by atoms with Gasteiger partial charge in [-0.1, -0.05) is 0 Å². The number of amides is 1. The second kappa shape index (κ2) is 7.30. The van der Waals surface area contributed by atoms with E-state index in [1.807, 2.05) is 0 Å². The molecule has 7 nitrogen and oxygen atoms in total. The van der Waals surface area contributed by atoms with Crippen LogP contribution in [-0.2, 0) is 21.4 Å². The summed E-state index contributed by atoms with van der Waals surface area (Å²) in [6.07, 6.45) is 1.46. The summed E-state index contributed by atoms with van der Waals surface area (Å²) in [7, 11) is -3.83. The van der Waals surface area contributed by atoms with E-state index in [9.17, 15) is 13.2 Å². The predicted molar refractivity (Wildman–Crippen MR) is 84.6 cm³/mol. The van der Waals surface area contributed by atoms with Gasteiger partial charge in [-0.3, -0.25) is 4.79 Å². The van der Waals surface area contributed by atoms with Crippen LogP contribution in [0.4, 0.5) is 5.69 Å². The smallest absolute Gasteiger partial charge is 0.244 e. The monoisotopic (exact) mass is 338 g/mol. The molecule has 0 saturated heterocycles. The highest BCUT2D eigenvalue weighted by atomic mass is 32.2. The maximum atomic E-state index is 12.5. The number of ether oxygens (including phenoxy) is 1. The lowest BCUT2D eigenvalue weighted by molar-refractivity contribution is -0.114. The maximum Gasteiger partial charge on any atom is 0.244 e. The fourth-order valence-electron chi connectivity index (χ4n) is 1.93. The molecule has 0 aliphatic heterocycles. The maximum absolute atomic E-state index is 12.5. The molecule has 1 amide bonds. The molecule has 8 heteroatoms. The van der Waals surface area contributed by atoms with Gasteiger partial charge in [-0.05, 0) is 37.3 Å². The lowest BCUT2D eigenvalue weighted by Gasteiger charge is -2.13. The van der Waals surface area contributed by atoms with Gasteiger partial charge >= 0.3 is 0 Å². The Kier molecular flexibility index (Phi) is 5.41. The summed E-state index contributed by atoms with van der Waals surface area (Å²) in [6.45, 7) is 3.44. The van der Waals surface area contributed by atoms with Crippen LogP contribution in [0.1, 0.15) is 19.6 Å². The van der Waals surface area contributed by atoms with Crippen molar-refractivity contribution in [2.24, 2.45) is 0 Å². The largest absolute Gasteiger partial charge is 0.492 e. The van der Waals surface area contributed by atoms with E-state index in [2.05, 4.69) is 10.0 Å². The van der Waals surface area contributed by atoms with Crippen molar-refractivity contribution < 1.29 is 22.4 Å². The average molecular weight is 338 g/mol. The number of sulfonamides is 1. The summed E-state index contributed by atoms with van der Waals surface area (Å²) in [5, 5.41) is 2.55. The fraction of sp³-hybridized carbons (Fsp3) is 0.267. The average Bonchev–Trinajstić information content (AvgIpc) is 3.00. The normalized spacial score (nSPS) is 11.2. The van der Waals surface area contributed by atoms with Crippen molar-refractivity contribution in [1.82, 2.24) is 4.72 Å². The van der Waals surface area contributed by atoms with E-state index in [1.54, 1.807) is 25.1 Å². The zero-order valence-corrected chi connectivity index (χ0v) is 13.6. The van der Waals surface area contributed by atoms with E-state index in [4.69, 9.17) is 9.15 Å². The molecule has 0 aliphatic carbocycles. The molecule has 0 atom stereocenters. The minimum Gasteiger partial charge on any atom is -0.492 e. The van der Waals surface area contributed by atoms with Gasteiger partial charge in [0.25, 0.3) is 0 Å². The quantitative estimate of drug-likeness (QED) is 0.806. The highest BCUT2D eigenvalue weighted by molar-refractivity contribution is 7.89. The second-order valence-electron chi connectivity index (χ2n) is 4.68. The lowest BCUT2D eigenvalue weighted by atomic mass is 10.3. The Morgan fingerprint density at radius 2 is 2.09 bits per heavy atom. The van der Waals surface area contributed by atoms with Gasteiger partial charge in [0, 0.05) is 12.6 Å². The summed E-state index contributed by atoms with van der Waals surface area (Å²) in [6, 6.07) is 7.79. The first-order chi connectivity index (χ1) is 10.9. The third-order valence-corrected chi connectivity index (χ3v) is 4.29. The molecule has 1 aromatic carbocycles. The number of carbonyl (C=O) groups is 1. The number of furan rings is 1. The summed E-state index contributed by atoms with van der Waals surface area (Å²) >= 11 is 0. The second-order valence-corrected chi connectivity index (χ2v) is 6.42. The highest BCUT2D eigenvalue weighted by Crippen LogP contribution is 2.27. The van der Waals surface area contributed by atoms with E-state index >= 15 is 0 Å². The molecule has 124 valence electrons. The third kappa shape index (κ3) is 4.57.